The lowest BCUT2D eigenvalue weighted by atomic mass is 9.83. The normalized spacial score (nSPS) is 15.9. The molecule has 1 aliphatic rings. The molecule has 4 aromatic rings. The van der Waals surface area contributed by atoms with Gasteiger partial charge in [-0.05, 0) is 30.2 Å². The smallest absolute Gasteiger partial charge is 0.416 e. The van der Waals surface area contributed by atoms with Gasteiger partial charge < -0.3 is 13.3 Å². The molecule has 5 rings (SSSR count). The van der Waals surface area contributed by atoms with Crippen LogP contribution in [0.5, 0.6) is 11.5 Å². The Balaban J connectivity index is 1.51. The zero-order valence-corrected chi connectivity index (χ0v) is 20.9. The molecule has 0 fully saturated rings. The molecule has 0 radical (unpaired) electrons. The molecule has 0 aliphatic carbocycles. The summed E-state index contributed by atoms with van der Waals surface area (Å²) in [7, 11) is 0. The third-order valence-corrected chi connectivity index (χ3v) is 7.15. The van der Waals surface area contributed by atoms with E-state index in [1.54, 1.807) is 0 Å². The number of hydrogen-bond acceptors (Lipinski definition) is 5. The van der Waals surface area contributed by atoms with Gasteiger partial charge in [0.1, 0.15) is 17.7 Å². The molecule has 5 nitrogen and oxygen atoms in total. The Morgan fingerprint density at radius 1 is 0.925 bits per heavy atom. The number of alkyl halides is 3. The van der Waals surface area contributed by atoms with Gasteiger partial charge >= 0.3 is 6.18 Å². The number of aryl methyl sites for hydroxylation is 1. The number of aromatic nitrogens is 1. The summed E-state index contributed by atoms with van der Waals surface area (Å²) >= 11 is -2.74. The van der Waals surface area contributed by atoms with Crippen LogP contribution in [0.4, 0.5) is 35.1 Å². The third kappa shape index (κ3) is 4.91. The monoisotopic (exact) mass is 589 g/mol. The first-order valence-electron chi connectivity index (χ1n) is 11.4. The molecule has 0 saturated heterocycles. The van der Waals surface area contributed by atoms with Gasteiger partial charge in [-0.1, -0.05) is 12.1 Å². The third-order valence-electron chi connectivity index (χ3n) is 6.20. The minimum atomic E-state index is -4.62. The summed E-state index contributed by atoms with van der Waals surface area (Å²) in [6.45, 7) is 1.63. The molecule has 0 saturated carbocycles. The van der Waals surface area contributed by atoms with Crippen molar-refractivity contribution in [1.82, 2.24) is 4.98 Å². The molecule has 2 atom stereocenters. The number of fused-ring (bicyclic) bond motifs is 1. The van der Waals surface area contributed by atoms with E-state index in [1.807, 2.05) is 0 Å². The SMILES string of the molecule is Cc1nc(-c2cc(C(F)(F)F)ccc2C2CCOc3cc(S(=O)Oc4c(F)c(F)c(F)c(F)c4F)ccc32)co1. The number of oxazole rings is 1. The van der Waals surface area contributed by atoms with Crippen LogP contribution in [0, 0.1) is 36.0 Å². The molecule has 210 valence electrons. The summed E-state index contributed by atoms with van der Waals surface area (Å²) in [5.74, 6) is -13.4. The van der Waals surface area contributed by atoms with Crippen molar-refractivity contribution in [1.29, 1.82) is 0 Å². The van der Waals surface area contributed by atoms with Crippen LogP contribution in [-0.2, 0) is 17.3 Å². The molecule has 0 bridgehead atoms. The molecule has 40 heavy (non-hydrogen) atoms. The van der Waals surface area contributed by atoms with Crippen molar-refractivity contribution in [3.05, 3.63) is 94.3 Å². The van der Waals surface area contributed by atoms with Gasteiger partial charge in [0, 0.05) is 30.0 Å². The molecular formula is C26H15F8NO4S. The standard InChI is InChI=1S/C26H15F8NO4S/c1-11-35-18(10-38-11)17-8-12(26(32,33)34)2-4-14(17)15-6-7-37-19-9-13(3-5-16(15)19)40(36)39-25-23(30)21(28)20(27)22(29)24(25)31/h2-5,8-10,15H,6-7H2,1H3. The van der Waals surface area contributed by atoms with Crippen molar-refractivity contribution in [3.8, 4) is 22.8 Å². The molecule has 0 spiro atoms. The molecule has 1 aliphatic heterocycles. The Morgan fingerprint density at radius 3 is 2.20 bits per heavy atom. The maximum Gasteiger partial charge on any atom is 0.416 e. The van der Waals surface area contributed by atoms with Crippen molar-refractivity contribution in [2.45, 2.75) is 30.3 Å². The largest absolute Gasteiger partial charge is 0.493 e. The predicted molar refractivity (Wildman–Crippen MR) is 123 cm³/mol. The van der Waals surface area contributed by atoms with E-state index >= 15 is 0 Å². The van der Waals surface area contributed by atoms with E-state index in [0.29, 0.717) is 17.5 Å². The highest BCUT2D eigenvalue weighted by molar-refractivity contribution is 7.80. The van der Waals surface area contributed by atoms with E-state index in [4.69, 9.17) is 9.15 Å². The summed E-state index contributed by atoms with van der Waals surface area (Å²) in [5, 5.41) is 0. The minimum absolute atomic E-state index is 0.0879. The van der Waals surface area contributed by atoms with E-state index < -0.39 is 63.6 Å². The number of nitrogens with zero attached hydrogens (tertiary/aromatic N) is 1. The quantitative estimate of drug-likeness (QED) is 0.138. The lowest BCUT2D eigenvalue weighted by molar-refractivity contribution is -0.137. The van der Waals surface area contributed by atoms with Gasteiger partial charge in [0.2, 0.25) is 45.9 Å². The zero-order valence-electron chi connectivity index (χ0n) is 20.0. The average Bonchev–Trinajstić information content (AvgIpc) is 3.37. The second-order valence-corrected chi connectivity index (χ2v) is 9.77. The first-order chi connectivity index (χ1) is 18.9. The van der Waals surface area contributed by atoms with Crippen molar-refractivity contribution in [2.75, 3.05) is 6.61 Å². The van der Waals surface area contributed by atoms with E-state index in [9.17, 15) is 39.3 Å². The molecule has 0 amide bonds. The fourth-order valence-corrected chi connectivity index (χ4v) is 5.10. The van der Waals surface area contributed by atoms with E-state index in [0.717, 1.165) is 12.1 Å². The highest BCUT2D eigenvalue weighted by atomic mass is 32.2. The van der Waals surface area contributed by atoms with Crippen LogP contribution >= 0.6 is 0 Å². The first kappa shape index (κ1) is 27.6. The van der Waals surface area contributed by atoms with Crippen LogP contribution in [0.2, 0.25) is 0 Å². The van der Waals surface area contributed by atoms with Gasteiger partial charge in [-0.3, -0.25) is 0 Å². The number of ether oxygens (including phenoxy) is 1. The molecule has 14 heteroatoms. The Labute approximate surface area is 223 Å². The minimum Gasteiger partial charge on any atom is -0.493 e. The van der Waals surface area contributed by atoms with Crippen LogP contribution < -0.4 is 8.92 Å². The Kier molecular flexibility index (Phi) is 7.06. The zero-order chi connectivity index (χ0) is 28.9. The van der Waals surface area contributed by atoms with Gasteiger partial charge in [0.15, 0.2) is 5.89 Å². The van der Waals surface area contributed by atoms with Crippen LogP contribution in [-0.4, -0.2) is 15.8 Å². The van der Waals surface area contributed by atoms with Crippen LogP contribution in [0.3, 0.4) is 0 Å². The van der Waals surface area contributed by atoms with Crippen molar-refractivity contribution in [3.63, 3.8) is 0 Å². The van der Waals surface area contributed by atoms with E-state index in [1.165, 1.54) is 37.5 Å². The molecule has 0 N–H and O–H groups in total. The maximum absolute atomic E-state index is 14.0. The van der Waals surface area contributed by atoms with Crippen molar-refractivity contribution >= 4 is 11.1 Å². The number of benzene rings is 3. The Bertz CT molecular complexity index is 1620. The van der Waals surface area contributed by atoms with E-state index in [-0.39, 0.29) is 34.4 Å². The Morgan fingerprint density at radius 2 is 1.57 bits per heavy atom. The number of rotatable bonds is 5. The second kappa shape index (κ2) is 10.2. The average molecular weight is 589 g/mol. The van der Waals surface area contributed by atoms with Crippen molar-refractivity contribution < 1.29 is 52.7 Å². The van der Waals surface area contributed by atoms with Crippen molar-refractivity contribution in [2.24, 2.45) is 0 Å². The summed E-state index contributed by atoms with van der Waals surface area (Å²) in [6, 6.07) is 7.04. The highest BCUT2D eigenvalue weighted by Crippen LogP contribution is 2.44. The second-order valence-electron chi connectivity index (χ2n) is 8.66. The van der Waals surface area contributed by atoms with Gasteiger partial charge in [0.25, 0.3) is 0 Å². The summed E-state index contributed by atoms with van der Waals surface area (Å²) in [5.41, 5.74) is 0.407. The maximum atomic E-state index is 14.0. The summed E-state index contributed by atoms with van der Waals surface area (Å²) in [6.07, 6.45) is -3.04. The molecule has 3 aromatic carbocycles. The van der Waals surface area contributed by atoms with Crippen LogP contribution in [0.1, 0.15) is 34.9 Å². The summed E-state index contributed by atoms with van der Waals surface area (Å²) in [4.78, 5) is 3.93. The fraction of sp³-hybridized carbons (Fsp3) is 0.192. The van der Waals surface area contributed by atoms with Gasteiger partial charge in [0.05, 0.1) is 17.1 Å². The molecular weight excluding hydrogens is 574 g/mol. The van der Waals surface area contributed by atoms with Gasteiger partial charge in [-0.15, -0.1) is 0 Å². The fourth-order valence-electron chi connectivity index (χ4n) is 4.32. The highest BCUT2D eigenvalue weighted by Gasteiger charge is 2.34. The topological polar surface area (TPSA) is 61.6 Å². The lowest BCUT2D eigenvalue weighted by Gasteiger charge is -2.28. The predicted octanol–water partition coefficient (Wildman–Crippen LogP) is 7.38. The van der Waals surface area contributed by atoms with Crippen LogP contribution in [0.25, 0.3) is 11.3 Å². The molecule has 2 unspecified atom stereocenters. The van der Waals surface area contributed by atoms with Gasteiger partial charge in [-0.2, -0.15) is 22.0 Å². The van der Waals surface area contributed by atoms with E-state index in [2.05, 4.69) is 9.17 Å². The van der Waals surface area contributed by atoms with Gasteiger partial charge in [-0.25, -0.2) is 22.4 Å². The molecule has 1 aromatic heterocycles. The number of hydrogen-bond donors (Lipinski definition) is 0. The summed E-state index contributed by atoms with van der Waals surface area (Å²) < 4.78 is 137. The molecule has 2 heterocycles. The Hall–Kier alpha value is -3.94. The number of halogens is 8. The van der Waals surface area contributed by atoms with Crippen LogP contribution in [0.15, 0.2) is 52.0 Å². The lowest BCUT2D eigenvalue weighted by Crippen LogP contribution is -2.17. The first-order valence-corrected chi connectivity index (χ1v) is 12.5.